The van der Waals surface area contributed by atoms with Gasteiger partial charge in [-0.2, -0.15) is 0 Å². The summed E-state index contributed by atoms with van der Waals surface area (Å²) in [4.78, 5) is 14.2. The lowest BCUT2D eigenvalue weighted by atomic mass is 9.89. The second-order valence-corrected chi connectivity index (χ2v) is 7.57. The zero-order chi connectivity index (χ0) is 14.8. The molecule has 0 bridgehead atoms. The molecule has 0 amide bonds. The fraction of sp³-hybridized carbons (Fsp3) is 0.933. The van der Waals surface area contributed by atoms with E-state index in [2.05, 4.69) is 4.90 Å². The summed E-state index contributed by atoms with van der Waals surface area (Å²) in [6, 6.07) is -0.198. The first-order valence-electron chi connectivity index (χ1n) is 7.16. The largest absolute Gasteiger partial charge is 0.459 e. The van der Waals surface area contributed by atoms with Crippen molar-refractivity contribution in [1.82, 2.24) is 4.90 Å². The first kappa shape index (κ1) is 16.4. The Morgan fingerprint density at radius 1 is 1.32 bits per heavy atom. The third-order valence-corrected chi connectivity index (χ3v) is 3.45. The summed E-state index contributed by atoms with van der Waals surface area (Å²) < 4.78 is 5.46. The quantitative estimate of drug-likeness (QED) is 0.800. The molecule has 4 nitrogen and oxygen atoms in total. The van der Waals surface area contributed by atoms with Crippen LogP contribution in [0.3, 0.4) is 0 Å². The van der Waals surface area contributed by atoms with Gasteiger partial charge in [0, 0.05) is 6.54 Å². The van der Waals surface area contributed by atoms with Gasteiger partial charge in [-0.15, -0.1) is 0 Å². The van der Waals surface area contributed by atoms with Crippen molar-refractivity contribution in [2.75, 3.05) is 13.1 Å². The van der Waals surface area contributed by atoms with Crippen LogP contribution in [0, 0.1) is 5.41 Å². The highest BCUT2D eigenvalue weighted by Gasteiger charge is 2.36. The van der Waals surface area contributed by atoms with Gasteiger partial charge in [0.2, 0.25) is 0 Å². The van der Waals surface area contributed by atoms with Crippen molar-refractivity contribution in [1.29, 1.82) is 0 Å². The number of hydrogen-bond acceptors (Lipinski definition) is 4. The molecule has 0 aliphatic carbocycles. The molecule has 0 radical (unpaired) electrons. The molecule has 1 rings (SSSR count). The minimum Gasteiger partial charge on any atom is -0.459 e. The molecule has 1 aliphatic rings. The Bertz CT molecular complexity index is 314. The highest BCUT2D eigenvalue weighted by Crippen LogP contribution is 2.25. The summed E-state index contributed by atoms with van der Waals surface area (Å²) in [5.74, 6) is -0.161. The van der Waals surface area contributed by atoms with Crippen molar-refractivity contribution in [2.45, 2.75) is 72.1 Å². The Morgan fingerprint density at radius 3 is 2.37 bits per heavy atom. The number of nitrogens with zero attached hydrogens (tertiary/aromatic N) is 1. The zero-order valence-electron chi connectivity index (χ0n) is 13.2. The molecular formula is C15H29NO3. The maximum atomic E-state index is 12.2. The van der Waals surface area contributed by atoms with Gasteiger partial charge in [0.15, 0.2) is 0 Å². The molecule has 4 heteroatoms. The van der Waals surface area contributed by atoms with Crippen LogP contribution in [0.1, 0.15) is 54.4 Å². The van der Waals surface area contributed by atoms with E-state index in [1.54, 1.807) is 0 Å². The van der Waals surface area contributed by atoms with Gasteiger partial charge in [-0.05, 0) is 45.6 Å². The van der Waals surface area contributed by atoms with E-state index in [9.17, 15) is 9.90 Å². The third-order valence-electron chi connectivity index (χ3n) is 3.45. The van der Waals surface area contributed by atoms with Crippen molar-refractivity contribution in [3.63, 3.8) is 0 Å². The van der Waals surface area contributed by atoms with Crippen LogP contribution in [0.5, 0.6) is 0 Å². The van der Waals surface area contributed by atoms with Gasteiger partial charge in [-0.25, -0.2) is 0 Å². The number of β-amino-alcohol motifs (C(OH)–C–C–N with tert-alkyl or cyclic N) is 1. The summed E-state index contributed by atoms with van der Waals surface area (Å²) in [5.41, 5.74) is -0.616. The molecule has 0 aromatic rings. The van der Waals surface area contributed by atoms with E-state index < -0.39 is 11.7 Å². The standard InChI is InChI=1S/C15H29NO3/c1-14(2,3)12(17)10-16-9-7-8-11(16)13(18)19-15(4,5)6/h11-12,17H,7-10H2,1-6H3/t11-,12?/m1/s1. The summed E-state index contributed by atoms with van der Waals surface area (Å²) in [6.07, 6.45) is 1.38. The Kier molecular flexibility index (Phi) is 5.02. The second kappa shape index (κ2) is 5.80. The average molecular weight is 271 g/mol. The normalized spacial score (nSPS) is 23.4. The molecule has 1 N–H and O–H groups in total. The Hall–Kier alpha value is -0.610. The molecular weight excluding hydrogens is 242 g/mol. The van der Waals surface area contributed by atoms with Gasteiger partial charge < -0.3 is 9.84 Å². The summed E-state index contributed by atoms with van der Waals surface area (Å²) in [6.45, 7) is 13.1. The van der Waals surface area contributed by atoms with E-state index in [1.165, 1.54) is 0 Å². The number of carbonyl (C=O) groups excluding carboxylic acids is 1. The van der Waals surface area contributed by atoms with Crippen LogP contribution in [0.25, 0.3) is 0 Å². The summed E-state index contributed by atoms with van der Waals surface area (Å²) in [7, 11) is 0. The van der Waals surface area contributed by atoms with Crippen LogP contribution in [0.2, 0.25) is 0 Å². The molecule has 2 atom stereocenters. The fourth-order valence-electron chi connectivity index (χ4n) is 2.18. The number of aliphatic hydroxyl groups excluding tert-OH is 1. The van der Waals surface area contributed by atoms with Crippen LogP contribution >= 0.6 is 0 Å². The van der Waals surface area contributed by atoms with E-state index >= 15 is 0 Å². The first-order chi connectivity index (χ1) is 8.50. The highest BCUT2D eigenvalue weighted by atomic mass is 16.6. The van der Waals surface area contributed by atoms with E-state index in [0.29, 0.717) is 6.54 Å². The topological polar surface area (TPSA) is 49.8 Å². The van der Waals surface area contributed by atoms with Gasteiger partial charge in [0.05, 0.1) is 6.10 Å². The highest BCUT2D eigenvalue weighted by molar-refractivity contribution is 5.76. The lowest BCUT2D eigenvalue weighted by Gasteiger charge is -2.33. The maximum absolute atomic E-state index is 12.2. The van der Waals surface area contributed by atoms with E-state index in [1.807, 2.05) is 41.5 Å². The minimum absolute atomic E-state index is 0.161. The van der Waals surface area contributed by atoms with Crippen LogP contribution in [-0.4, -0.2) is 46.8 Å². The number of hydrogen-bond donors (Lipinski definition) is 1. The van der Waals surface area contributed by atoms with Gasteiger partial charge >= 0.3 is 5.97 Å². The van der Waals surface area contributed by atoms with Gasteiger partial charge in [-0.1, -0.05) is 20.8 Å². The smallest absolute Gasteiger partial charge is 0.323 e. The molecule has 19 heavy (non-hydrogen) atoms. The molecule has 1 fully saturated rings. The molecule has 0 aromatic carbocycles. The number of esters is 1. The minimum atomic E-state index is -0.450. The Labute approximate surface area is 117 Å². The maximum Gasteiger partial charge on any atom is 0.323 e. The molecule has 1 saturated heterocycles. The van der Waals surface area contributed by atoms with E-state index in [4.69, 9.17) is 4.74 Å². The number of carbonyl (C=O) groups is 1. The Morgan fingerprint density at radius 2 is 1.89 bits per heavy atom. The number of rotatable bonds is 3. The van der Waals surface area contributed by atoms with Crippen molar-refractivity contribution < 1.29 is 14.6 Å². The lowest BCUT2D eigenvalue weighted by molar-refractivity contribution is -0.161. The zero-order valence-corrected chi connectivity index (χ0v) is 13.2. The molecule has 1 unspecified atom stereocenters. The predicted octanol–water partition coefficient (Wildman–Crippen LogP) is 2.20. The average Bonchev–Trinajstić information content (AvgIpc) is 2.61. The number of likely N-dealkylation sites (tertiary alicyclic amines) is 1. The number of ether oxygens (including phenoxy) is 1. The van der Waals surface area contributed by atoms with Crippen molar-refractivity contribution in [3.05, 3.63) is 0 Å². The third kappa shape index (κ3) is 5.11. The molecule has 0 spiro atoms. The van der Waals surface area contributed by atoms with Crippen molar-refractivity contribution in [2.24, 2.45) is 5.41 Å². The second-order valence-electron chi connectivity index (χ2n) is 7.57. The molecule has 0 aromatic heterocycles. The van der Waals surface area contributed by atoms with Crippen molar-refractivity contribution in [3.8, 4) is 0 Å². The van der Waals surface area contributed by atoms with Crippen LogP contribution in [0.4, 0.5) is 0 Å². The first-order valence-corrected chi connectivity index (χ1v) is 7.16. The van der Waals surface area contributed by atoms with Gasteiger partial charge in [0.1, 0.15) is 11.6 Å². The van der Waals surface area contributed by atoms with Crippen LogP contribution in [-0.2, 0) is 9.53 Å². The van der Waals surface area contributed by atoms with Gasteiger partial charge in [0.25, 0.3) is 0 Å². The SMILES string of the molecule is CC(C)(C)OC(=O)[C@H]1CCCN1CC(O)C(C)(C)C. The van der Waals surface area contributed by atoms with Gasteiger partial charge in [-0.3, -0.25) is 9.69 Å². The molecule has 112 valence electrons. The van der Waals surface area contributed by atoms with E-state index in [0.717, 1.165) is 19.4 Å². The molecule has 0 saturated carbocycles. The Balaban J connectivity index is 2.62. The predicted molar refractivity (Wildman–Crippen MR) is 75.9 cm³/mol. The summed E-state index contributed by atoms with van der Waals surface area (Å²) in [5, 5.41) is 10.2. The molecule has 1 heterocycles. The monoisotopic (exact) mass is 271 g/mol. The molecule has 1 aliphatic heterocycles. The van der Waals surface area contributed by atoms with Crippen molar-refractivity contribution >= 4 is 5.97 Å². The summed E-state index contributed by atoms with van der Waals surface area (Å²) >= 11 is 0. The van der Waals surface area contributed by atoms with Crippen LogP contribution in [0.15, 0.2) is 0 Å². The number of aliphatic hydroxyl groups is 1. The van der Waals surface area contributed by atoms with E-state index in [-0.39, 0.29) is 17.4 Å². The fourth-order valence-corrected chi connectivity index (χ4v) is 2.18. The van der Waals surface area contributed by atoms with Crippen LogP contribution < -0.4 is 0 Å². The lowest BCUT2D eigenvalue weighted by Crippen LogP contribution is -2.46.